The number of hydrogen-bond donors (Lipinski definition) is 0. The van der Waals surface area contributed by atoms with Crippen molar-refractivity contribution >= 4 is 27.9 Å². The van der Waals surface area contributed by atoms with Crippen LogP contribution in [0.4, 0.5) is 5.69 Å². The van der Waals surface area contributed by atoms with Crippen LogP contribution in [0.2, 0.25) is 0 Å². The van der Waals surface area contributed by atoms with E-state index in [-0.39, 0.29) is 10.6 Å². The molecule has 1 aromatic carbocycles. The van der Waals surface area contributed by atoms with E-state index in [0.717, 1.165) is 6.08 Å². The Hall–Kier alpha value is -2.07. The Kier molecular flexibility index (Phi) is 3.25. The van der Waals surface area contributed by atoms with E-state index in [0.29, 0.717) is 0 Å². The molecule has 0 saturated heterocycles. The van der Waals surface area contributed by atoms with Crippen LogP contribution in [-0.2, 0) is 19.6 Å². The summed E-state index contributed by atoms with van der Waals surface area (Å²) in [4.78, 5) is 22.7. The average Bonchev–Trinajstić information content (AvgIpc) is 2.19. The van der Waals surface area contributed by atoms with Gasteiger partial charge < -0.3 is 0 Å². The Balaban J connectivity index is 3.50. The van der Waals surface area contributed by atoms with Crippen molar-refractivity contribution < 1.29 is 18.0 Å². The molecule has 0 radical (unpaired) electrons. The van der Waals surface area contributed by atoms with Crippen molar-refractivity contribution in [1.29, 1.82) is 0 Å². The number of hydrogen-bond acceptors (Lipinski definition) is 5. The van der Waals surface area contributed by atoms with Crippen LogP contribution in [-0.4, -0.2) is 20.6 Å². The third-order valence-electron chi connectivity index (χ3n) is 1.47. The van der Waals surface area contributed by atoms with Crippen LogP contribution in [0.1, 0.15) is 0 Å². The molecule has 0 aliphatic heterocycles. The molecule has 0 aromatic heterocycles. The van der Waals surface area contributed by atoms with Crippen LogP contribution < -0.4 is 0 Å². The first-order valence-corrected chi connectivity index (χ1v) is 5.07. The minimum Gasteiger partial charge on any atom is -0.211 e. The zero-order chi connectivity index (χ0) is 11.3. The highest BCUT2D eigenvalue weighted by Crippen LogP contribution is 2.24. The van der Waals surface area contributed by atoms with Crippen molar-refractivity contribution in [2.75, 3.05) is 0 Å². The Morgan fingerprint density at radius 3 is 2.33 bits per heavy atom. The predicted molar refractivity (Wildman–Crippen MR) is 49.5 cm³/mol. The van der Waals surface area contributed by atoms with Crippen molar-refractivity contribution in [2.45, 2.75) is 4.90 Å². The second-order valence-electron chi connectivity index (χ2n) is 2.33. The molecule has 0 bridgehead atoms. The maximum atomic E-state index is 11.3. The number of rotatable bonds is 3. The topological polar surface area (TPSA) is 93.0 Å². The standard InChI is InChI=1S/C8H4N2O4S/c11-5-9-7-3-1-2-4-8(7)15(13,14)10-6-12/h1-4H. The highest BCUT2D eigenvalue weighted by Gasteiger charge is 2.16. The molecular formula is C8H4N2O4S. The van der Waals surface area contributed by atoms with Crippen LogP contribution in [0.15, 0.2) is 38.6 Å². The molecule has 0 unspecified atom stereocenters. The molecule has 0 aliphatic carbocycles. The molecule has 0 saturated carbocycles. The van der Waals surface area contributed by atoms with Gasteiger partial charge in [-0.25, -0.2) is 9.59 Å². The fraction of sp³-hybridized carbons (Fsp3) is 0. The zero-order valence-corrected chi connectivity index (χ0v) is 8.06. The summed E-state index contributed by atoms with van der Waals surface area (Å²) in [5, 5.41) is 0. The van der Waals surface area contributed by atoms with Gasteiger partial charge in [0.05, 0.1) is 5.69 Å². The van der Waals surface area contributed by atoms with Crippen LogP contribution in [0.25, 0.3) is 0 Å². The molecule has 0 fully saturated rings. The van der Waals surface area contributed by atoms with E-state index in [1.54, 1.807) is 0 Å². The number of para-hydroxylation sites is 1. The molecule has 0 heterocycles. The summed E-state index contributed by atoms with van der Waals surface area (Å²) >= 11 is 0. The number of benzene rings is 1. The Labute approximate surface area is 85.0 Å². The maximum Gasteiger partial charge on any atom is 0.294 e. The summed E-state index contributed by atoms with van der Waals surface area (Å²) in [6, 6.07) is 5.36. The summed E-state index contributed by atoms with van der Waals surface area (Å²) in [5.74, 6) is 0. The average molecular weight is 224 g/mol. The SMILES string of the molecule is O=C=Nc1ccccc1S(=O)(=O)N=C=O. The highest BCUT2D eigenvalue weighted by atomic mass is 32.2. The molecule has 0 amide bonds. The van der Waals surface area contributed by atoms with Crippen molar-refractivity contribution in [1.82, 2.24) is 0 Å². The van der Waals surface area contributed by atoms with E-state index in [1.165, 1.54) is 30.3 Å². The van der Waals surface area contributed by atoms with Gasteiger partial charge in [0.15, 0.2) is 0 Å². The van der Waals surface area contributed by atoms with Crippen LogP contribution in [0, 0.1) is 0 Å². The first kappa shape index (κ1) is 11.0. The third-order valence-corrected chi connectivity index (χ3v) is 2.68. The number of aliphatic imine (C=N–C) groups is 1. The fourth-order valence-electron chi connectivity index (χ4n) is 0.915. The minimum atomic E-state index is -4.13. The van der Waals surface area contributed by atoms with Gasteiger partial charge in [0.1, 0.15) is 4.90 Å². The molecule has 0 atom stereocenters. The molecule has 0 spiro atoms. The second-order valence-corrected chi connectivity index (χ2v) is 3.90. The van der Waals surface area contributed by atoms with Crippen LogP contribution in [0.3, 0.4) is 0 Å². The molecule has 1 aromatic rings. The molecule has 7 heteroatoms. The van der Waals surface area contributed by atoms with Gasteiger partial charge in [-0.05, 0) is 12.1 Å². The van der Waals surface area contributed by atoms with Gasteiger partial charge in [-0.2, -0.15) is 13.4 Å². The lowest BCUT2D eigenvalue weighted by atomic mass is 10.3. The Morgan fingerprint density at radius 2 is 1.73 bits per heavy atom. The lowest BCUT2D eigenvalue weighted by Gasteiger charge is -1.98. The molecule has 6 nitrogen and oxygen atoms in total. The van der Waals surface area contributed by atoms with Gasteiger partial charge in [0.25, 0.3) is 16.1 Å². The summed E-state index contributed by atoms with van der Waals surface area (Å²) in [7, 11) is -4.13. The van der Waals surface area contributed by atoms with Gasteiger partial charge in [-0.3, -0.25) is 0 Å². The summed E-state index contributed by atoms with van der Waals surface area (Å²) < 4.78 is 25.3. The molecular weight excluding hydrogens is 220 g/mol. The van der Waals surface area contributed by atoms with E-state index < -0.39 is 10.0 Å². The van der Waals surface area contributed by atoms with E-state index in [1.807, 2.05) is 0 Å². The quantitative estimate of drug-likeness (QED) is 0.557. The van der Waals surface area contributed by atoms with Gasteiger partial charge in [-0.1, -0.05) is 16.5 Å². The summed E-state index contributed by atoms with van der Waals surface area (Å²) in [6.45, 7) is 0. The predicted octanol–water partition coefficient (Wildman–Crippen LogP) is 0.678. The number of carbonyl (C=O) groups excluding carboxylic acids is 2. The van der Waals surface area contributed by atoms with Crippen LogP contribution >= 0.6 is 0 Å². The summed E-state index contributed by atoms with van der Waals surface area (Å²) in [6.07, 6.45) is 2.13. The normalized spacial score (nSPS) is 9.87. The van der Waals surface area contributed by atoms with Crippen molar-refractivity contribution in [3.05, 3.63) is 24.3 Å². The number of isocyanates is 2. The first-order valence-electron chi connectivity index (χ1n) is 3.63. The van der Waals surface area contributed by atoms with E-state index >= 15 is 0 Å². The molecule has 0 N–H and O–H groups in total. The van der Waals surface area contributed by atoms with E-state index in [4.69, 9.17) is 0 Å². The largest absolute Gasteiger partial charge is 0.294 e. The number of sulfonamides is 1. The third kappa shape index (κ3) is 2.45. The Bertz CT molecular complexity index is 566. The monoisotopic (exact) mass is 224 g/mol. The smallest absolute Gasteiger partial charge is 0.211 e. The minimum absolute atomic E-state index is 0.119. The number of nitrogens with zero attached hydrogens (tertiary/aromatic N) is 2. The van der Waals surface area contributed by atoms with E-state index in [2.05, 4.69) is 9.39 Å². The van der Waals surface area contributed by atoms with Crippen molar-refractivity contribution in [3.63, 3.8) is 0 Å². The van der Waals surface area contributed by atoms with E-state index in [9.17, 15) is 18.0 Å². The molecule has 1 rings (SSSR count). The lowest BCUT2D eigenvalue weighted by molar-refractivity contribution is 0.563. The van der Waals surface area contributed by atoms with Crippen molar-refractivity contribution in [2.24, 2.45) is 9.39 Å². The second kappa shape index (κ2) is 4.43. The summed E-state index contributed by atoms with van der Waals surface area (Å²) in [5.41, 5.74) is -0.119. The van der Waals surface area contributed by atoms with Crippen LogP contribution in [0.5, 0.6) is 0 Å². The molecule has 76 valence electrons. The highest BCUT2D eigenvalue weighted by molar-refractivity contribution is 7.90. The Morgan fingerprint density at radius 1 is 1.07 bits per heavy atom. The molecule has 15 heavy (non-hydrogen) atoms. The first-order chi connectivity index (χ1) is 7.11. The maximum absolute atomic E-state index is 11.3. The van der Waals surface area contributed by atoms with Gasteiger partial charge in [-0.15, -0.1) is 0 Å². The van der Waals surface area contributed by atoms with Gasteiger partial charge in [0, 0.05) is 0 Å². The molecule has 0 aliphatic rings. The van der Waals surface area contributed by atoms with Gasteiger partial charge >= 0.3 is 0 Å². The van der Waals surface area contributed by atoms with Gasteiger partial charge in [0.2, 0.25) is 6.08 Å². The fourth-order valence-corrected chi connectivity index (χ4v) is 1.74. The van der Waals surface area contributed by atoms with Crippen molar-refractivity contribution in [3.8, 4) is 0 Å². The zero-order valence-electron chi connectivity index (χ0n) is 7.25. The lowest BCUT2D eigenvalue weighted by Crippen LogP contribution is -1.96.